The van der Waals surface area contributed by atoms with Crippen LogP contribution in [0.4, 0.5) is 0 Å². The Morgan fingerprint density at radius 3 is 2.50 bits per heavy atom. The van der Waals surface area contributed by atoms with Crippen molar-refractivity contribution in [3.8, 4) is 0 Å². The maximum Gasteiger partial charge on any atom is -0.0235 e. The van der Waals surface area contributed by atoms with Crippen molar-refractivity contribution in [2.45, 2.75) is 26.7 Å². The van der Waals surface area contributed by atoms with Crippen LogP contribution < -0.4 is 0 Å². The van der Waals surface area contributed by atoms with E-state index in [0.29, 0.717) is 0 Å². The van der Waals surface area contributed by atoms with Gasteiger partial charge in [-0.1, -0.05) is 38.1 Å². The summed E-state index contributed by atoms with van der Waals surface area (Å²) in [6.07, 6.45) is 2.42. The molecule has 1 aromatic carbocycles. The van der Waals surface area contributed by atoms with E-state index in [1.54, 1.807) is 0 Å². The Bertz CT molecular complexity index is 236. The molecule has 0 nitrogen and oxygen atoms in total. The largest absolute Gasteiger partial charge is 0.0628 e. The summed E-state index contributed by atoms with van der Waals surface area (Å²) in [7, 11) is 0. The highest BCUT2D eigenvalue weighted by Crippen LogP contribution is 2.12. The van der Waals surface area contributed by atoms with Crippen molar-refractivity contribution in [3.63, 3.8) is 0 Å². The zero-order chi connectivity index (χ0) is 8.97. The standard InChI is InChI=1S/C12H17/c1-10(2)8-9-12-7-5-4-6-11(12)3/h4-7,10H,3,8-9H2,1-2H3. The van der Waals surface area contributed by atoms with E-state index in [9.17, 15) is 0 Å². The molecule has 0 bridgehead atoms. The van der Waals surface area contributed by atoms with Gasteiger partial charge in [0.2, 0.25) is 0 Å². The van der Waals surface area contributed by atoms with E-state index in [1.165, 1.54) is 17.5 Å². The van der Waals surface area contributed by atoms with Gasteiger partial charge in [-0.3, -0.25) is 0 Å². The molecule has 0 aliphatic rings. The summed E-state index contributed by atoms with van der Waals surface area (Å²) in [5.41, 5.74) is 2.57. The van der Waals surface area contributed by atoms with E-state index in [2.05, 4.69) is 39.0 Å². The molecule has 0 spiro atoms. The van der Waals surface area contributed by atoms with E-state index in [4.69, 9.17) is 0 Å². The Labute approximate surface area is 75.6 Å². The number of aryl methyl sites for hydroxylation is 1. The van der Waals surface area contributed by atoms with Gasteiger partial charge in [0.15, 0.2) is 0 Å². The van der Waals surface area contributed by atoms with Crippen molar-refractivity contribution in [2.24, 2.45) is 5.92 Å². The minimum absolute atomic E-state index is 0.782. The summed E-state index contributed by atoms with van der Waals surface area (Å²) in [6.45, 7) is 8.51. The van der Waals surface area contributed by atoms with Gasteiger partial charge in [0.25, 0.3) is 0 Å². The van der Waals surface area contributed by atoms with Gasteiger partial charge in [0, 0.05) is 0 Å². The van der Waals surface area contributed by atoms with Crippen LogP contribution in [0.1, 0.15) is 31.4 Å². The van der Waals surface area contributed by atoms with Crippen LogP contribution in [0.2, 0.25) is 0 Å². The molecule has 1 rings (SSSR count). The summed E-state index contributed by atoms with van der Waals surface area (Å²) >= 11 is 0. The third-order valence-electron chi connectivity index (χ3n) is 2.11. The minimum atomic E-state index is 0.782. The van der Waals surface area contributed by atoms with Gasteiger partial charge in [-0.15, -0.1) is 0 Å². The SMILES string of the molecule is [CH2]c1ccccc1CCC(C)C. The van der Waals surface area contributed by atoms with Crippen LogP contribution >= 0.6 is 0 Å². The molecule has 0 aromatic heterocycles. The van der Waals surface area contributed by atoms with Crippen LogP contribution in [-0.2, 0) is 6.42 Å². The highest BCUT2D eigenvalue weighted by atomic mass is 14.0. The highest BCUT2D eigenvalue weighted by Gasteiger charge is 1.98. The van der Waals surface area contributed by atoms with Gasteiger partial charge in [0.1, 0.15) is 0 Å². The third-order valence-corrected chi connectivity index (χ3v) is 2.11. The molecule has 0 heteroatoms. The molecule has 0 aliphatic carbocycles. The van der Waals surface area contributed by atoms with Crippen LogP contribution in [0.3, 0.4) is 0 Å². The summed E-state index contributed by atoms with van der Waals surface area (Å²) < 4.78 is 0. The minimum Gasteiger partial charge on any atom is -0.0628 e. The molecule has 0 amide bonds. The molecule has 0 heterocycles. The fraction of sp³-hybridized carbons (Fsp3) is 0.417. The predicted molar refractivity (Wildman–Crippen MR) is 54.1 cm³/mol. The molecule has 0 atom stereocenters. The second kappa shape index (κ2) is 4.30. The molecule has 0 unspecified atom stereocenters. The number of benzene rings is 1. The molecule has 0 aliphatic heterocycles. The van der Waals surface area contributed by atoms with E-state index in [1.807, 2.05) is 6.07 Å². The first kappa shape index (κ1) is 9.31. The quantitative estimate of drug-likeness (QED) is 0.637. The van der Waals surface area contributed by atoms with Gasteiger partial charge in [-0.05, 0) is 36.8 Å². The Morgan fingerprint density at radius 1 is 1.25 bits per heavy atom. The molecule has 1 radical (unpaired) electrons. The van der Waals surface area contributed by atoms with Crippen LogP contribution in [0.25, 0.3) is 0 Å². The third kappa shape index (κ3) is 2.69. The van der Waals surface area contributed by atoms with E-state index >= 15 is 0 Å². The smallest absolute Gasteiger partial charge is 0.0235 e. The summed E-state index contributed by atoms with van der Waals surface area (Å²) in [5, 5.41) is 0. The molecular weight excluding hydrogens is 144 g/mol. The summed E-state index contributed by atoms with van der Waals surface area (Å²) in [4.78, 5) is 0. The van der Waals surface area contributed by atoms with Crippen LogP contribution in [0.5, 0.6) is 0 Å². The van der Waals surface area contributed by atoms with Gasteiger partial charge >= 0.3 is 0 Å². The first-order chi connectivity index (χ1) is 5.70. The van der Waals surface area contributed by atoms with Gasteiger partial charge < -0.3 is 0 Å². The van der Waals surface area contributed by atoms with Gasteiger partial charge in [-0.25, -0.2) is 0 Å². The molecule has 0 saturated carbocycles. The summed E-state index contributed by atoms with van der Waals surface area (Å²) in [5.74, 6) is 0.782. The lowest BCUT2D eigenvalue weighted by atomic mass is 9.99. The lowest BCUT2D eigenvalue weighted by molar-refractivity contribution is 0.586. The number of rotatable bonds is 3. The lowest BCUT2D eigenvalue weighted by Gasteiger charge is -2.06. The zero-order valence-corrected chi connectivity index (χ0v) is 8.01. The second-order valence-corrected chi connectivity index (χ2v) is 3.70. The fourth-order valence-electron chi connectivity index (χ4n) is 1.25. The average Bonchev–Trinajstić information content (AvgIpc) is 2.03. The molecule has 0 N–H and O–H groups in total. The highest BCUT2D eigenvalue weighted by molar-refractivity contribution is 5.29. The van der Waals surface area contributed by atoms with Crippen molar-refractivity contribution in [1.82, 2.24) is 0 Å². The maximum atomic E-state index is 4.00. The Balaban J connectivity index is 2.57. The van der Waals surface area contributed by atoms with E-state index in [-0.39, 0.29) is 0 Å². The Kier molecular flexibility index (Phi) is 3.33. The molecule has 12 heavy (non-hydrogen) atoms. The summed E-state index contributed by atoms with van der Waals surface area (Å²) in [6, 6.07) is 8.38. The average molecular weight is 161 g/mol. The second-order valence-electron chi connectivity index (χ2n) is 3.70. The van der Waals surface area contributed by atoms with Crippen molar-refractivity contribution >= 4 is 0 Å². The lowest BCUT2D eigenvalue weighted by Crippen LogP contribution is -1.93. The Morgan fingerprint density at radius 2 is 1.92 bits per heavy atom. The molecule has 65 valence electrons. The molecule has 1 aromatic rings. The fourth-order valence-corrected chi connectivity index (χ4v) is 1.25. The van der Waals surface area contributed by atoms with E-state index < -0.39 is 0 Å². The number of hydrogen-bond acceptors (Lipinski definition) is 0. The van der Waals surface area contributed by atoms with Gasteiger partial charge in [-0.2, -0.15) is 0 Å². The number of hydrogen-bond donors (Lipinski definition) is 0. The van der Waals surface area contributed by atoms with Crippen LogP contribution in [0, 0.1) is 12.8 Å². The first-order valence-corrected chi connectivity index (χ1v) is 4.60. The van der Waals surface area contributed by atoms with Crippen LogP contribution in [0.15, 0.2) is 24.3 Å². The van der Waals surface area contributed by atoms with Crippen molar-refractivity contribution in [2.75, 3.05) is 0 Å². The first-order valence-electron chi connectivity index (χ1n) is 4.60. The van der Waals surface area contributed by atoms with E-state index in [0.717, 1.165) is 12.3 Å². The maximum absolute atomic E-state index is 4.00. The predicted octanol–water partition coefficient (Wildman–Crippen LogP) is 3.46. The Hall–Kier alpha value is -0.780. The topological polar surface area (TPSA) is 0 Å². The van der Waals surface area contributed by atoms with Crippen LogP contribution in [-0.4, -0.2) is 0 Å². The molecular formula is C12H17. The van der Waals surface area contributed by atoms with Crippen molar-refractivity contribution in [3.05, 3.63) is 42.3 Å². The van der Waals surface area contributed by atoms with Gasteiger partial charge in [0.05, 0.1) is 0 Å². The monoisotopic (exact) mass is 161 g/mol. The zero-order valence-electron chi connectivity index (χ0n) is 8.01. The van der Waals surface area contributed by atoms with Crippen molar-refractivity contribution < 1.29 is 0 Å². The molecule has 0 saturated heterocycles. The molecule has 0 fully saturated rings. The van der Waals surface area contributed by atoms with Crippen molar-refractivity contribution in [1.29, 1.82) is 0 Å². The normalized spacial score (nSPS) is 10.7.